The fourth-order valence-corrected chi connectivity index (χ4v) is 1.72. The number of likely N-dealkylation sites (N-methyl/N-ethyl adjacent to an activating group) is 1. The van der Waals surface area contributed by atoms with Crippen LogP contribution >= 0.6 is 12.2 Å². The molecule has 92 valence electrons. The number of hydrogen-bond donors (Lipinski definition) is 1. The summed E-state index contributed by atoms with van der Waals surface area (Å²) in [6, 6.07) is 7.49. The Hall–Kier alpha value is -1.62. The number of carbonyl (C=O) groups excluding carboxylic acids is 1. The van der Waals surface area contributed by atoms with E-state index in [1.165, 1.54) is 7.11 Å². The Morgan fingerprint density at radius 2 is 2.12 bits per heavy atom. The summed E-state index contributed by atoms with van der Waals surface area (Å²) in [7, 11) is 1.37. The lowest BCUT2D eigenvalue weighted by atomic mass is 10.1. The molecule has 0 heterocycles. The molecule has 0 aromatic heterocycles. The van der Waals surface area contributed by atoms with Gasteiger partial charge in [-0.1, -0.05) is 24.4 Å². The first-order valence-electron chi connectivity index (χ1n) is 5.30. The van der Waals surface area contributed by atoms with E-state index >= 15 is 0 Å². The summed E-state index contributed by atoms with van der Waals surface area (Å²) in [6.45, 7) is 2.82. The Kier molecular flexibility index (Phi) is 4.90. The van der Waals surface area contributed by atoms with Gasteiger partial charge in [-0.15, -0.1) is 0 Å². The van der Waals surface area contributed by atoms with Crippen molar-refractivity contribution in [3.05, 3.63) is 29.8 Å². The van der Waals surface area contributed by atoms with Crippen LogP contribution in [0.4, 0.5) is 5.69 Å². The quantitative estimate of drug-likeness (QED) is 0.632. The molecule has 0 unspecified atom stereocenters. The Morgan fingerprint density at radius 1 is 1.47 bits per heavy atom. The number of para-hydroxylation sites is 1. The first kappa shape index (κ1) is 13.4. The average molecular weight is 252 g/mol. The van der Waals surface area contributed by atoms with Crippen LogP contribution < -0.4 is 10.6 Å². The fourth-order valence-electron chi connectivity index (χ4n) is 1.55. The molecule has 0 saturated carbocycles. The molecule has 4 nitrogen and oxygen atoms in total. The standard InChI is InChI=1S/C12H16N2O2S/c1-3-14(8-11(15)16-2)10-7-5-4-6-9(10)12(13)17/h4-7H,3,8H2,1-2H3,(H2,13,17). The molecular formula is C12H16N2O2S. The molecule has 17 heavy (non-hydrogen) atoms. The second-order valence-corrected chi connectivity index (χ2v) is 3.91. The second kappa shape index (κ2) is 6.20. The molecule has 5 heteroatoms. The average Bonchev–Trinajstić information content (AvgIpc) is 2.35. The van der Waals surface area contributed by atoms with Crippen LogP contribution in [-0.2, 0) is 9.53 Å². The minimum atomic E-state index is -0.287. The SMILES string of the molecule is CCN(CC(=O)OC)c1ccccc1C(N)=S. The van der Waals surface area contributed by atoms with Gasteiger partial charge < -0.3 is 15.4 Å². The van der Waals surface area contributed by atoms with Crippen LogP contribution in [0.25, 0.3) is 0 Å². The second-order valence-electron chi connectivity index (χ2n) is 3.47. The summed E-state index contributed by atoms with van der Waals surface area (Å²) in [5.41, 5.74) is 7.29. The smallest absolute Gasteiger partial charge is 0.325 e. The summed E-state index contributed by atoms with van der Waals surface area (Å²) >= 11 is 4.99. The number of nitrogens with two attached hydrogens (primary N) is 1. The predicted molar refractivity (Wildman–Crippen MR) is 72.2 cm³/mol. The Morgan fingerprint density at radius 3 is 2.65 bits per heavy atom. The molecule has 0 aliphatic heterocycles. The number of anilines is 1. The van der Waals surface area contributed by atoms with Gasteiger partial charge in [-0.2, -0.15) is 0 Å². The van der Waals surface area contributed by atoms with E-state index in [1.54, 1.807) is 0 Å². The molecule has 0 aliphatic rings. The molecule has 1 aromatic rings. The van der Waals surface area contributed by atoms with Crippen molar-refractivity contribution in [1.29, 1.82) is 0 Å². The molecule has 0 amide bonds. The maximum absolute atomic E-state index is 11.3. The van der Waals surface area contributed by atoms with Gasteiger partial charge in [-0.25, -0.2) is 0 Å². The molecule has 0 radical (unpaired) electrons. The van der Waals surface area contributed by atoms with Gasteiger partial charge in [0.15, 0.2) is 0 Å². The van der Waals surface area contributed by atoms with Crippen molar-refractivity contribution < 1.29 is 9.53 Å². The third-order valence-electron chi connectivity index (χ3n) is 2.44. The van der Waals surface area contributed by atoms with Crippen molar-refractivity contribution in [3.8, 4) is 0 Å². The van der Waals surface area contributed by atoms with Crippen molar-refractivity contribution >= 4 is 28.9 Å². The lowest BCUT2D eigenvalue weighted by molar-refractivity contribution is -0.138. The van der Waals surface area contributed by atoms with Crippen molar-refractivity contribution in [1.82, 2.24) is 0 Å². The highest BCUT2D eigenvalue weighted by atomic mass is 32.1. The number of hydrogen-bond acceptors (Lipinski definition) is 4. The van der Waals surface area contributed by atoms with Gasteiger partial charge >= 0.3 is 5.97 Å². The minimum Gasteiger partial charge on any atom is -0.468 e. The minimum absolute atomic E-state index is 0.187. The molecule has 0 aliphatic carbocycles. The lowest BCUT2D eigenvalue weighted by Gasteiger charge is -2.24. The van der Waals surface area contributed by atoms with Gasteiger partial charge in [-0.05, 0) is 19.1 Å². The number of rotatable bonds is 5. The van der Waals surface area contributed by atoms with E-state index in [0.29, 0.717) is 11.5 Å². The molecule has 0 saturated heterocycles. The number of esters is 1. The van der Waals surface area contributed by atoms with Crippen LogP contribution in [0.2, 0.25) is 0 Å². The third-order valence-corrected chi connectivity index (χ3v) is 2.66. The van der Waals surface area contributed by atoms with Crippen molar-refractivity contribution in [2.75, 3.05) is 25.1 Å². The number of carbonyl (C=O) groups is 1. The van der Waals surface area contributed by atoms with Crippen LogP contribution in [0.3, 0.4) is 0 Å². The zero-order chi connectivity index (χ0) is 12.8. The summed E-state index contributed by atoms with van der Waals surface area (Å²) in [6.07, 6.45) is 0. The molecular weight excluding hydrogens is 236 g/mol. The Bertz CT molecular complexity index is 421. The number of ether oxygens (including phenoxy) is 1. The van der Waals surface area contributed by atoms with Gasteiger partial charge in [0.05, 0.1) is 7.11 Å². The zero-order valence-corrected chi connectivity index (χ0v) is 10.8. The summed E-state index contributed by atoms with van der Waals surface area (Å²) in [5, 5.41) is 0. The molecule has 0 spiro atoms. The summed E-state index contributed by atoms with van der Waals surface area (Å²) in [4.78, 5) is 13.5. The van der Waals surface area contributed by atoms with Crippen LogP contribution in [0.15, 0.2) is 24.3 Å². The largest absolute Gasteiger partial charge is 0.468 e. The highest BCUT2D eigenvalue weighted by Gasteiger charge is 2.14. The molecule has 0 fully saturated rings. The van der Waals surface area contributed by atoms with E-state index in [1.807, 2.05) is 36.1 Å². The highest BCUT2D eigenvalue weighted by molar-refractivity contribution is 7.80. The van der Waals surface area contributed by atoms with E-state index in [9.17, 15) is 4.79 Å². The van der Waals surface area contributed by atoms with Crippen LogP contribution in [0.1, 0.15) is 12.5 Å². The molecule has 0 bridgehead atoms. The zero-order valence-electron chi connectivity index (χ0n) is 9.97. The third kappa shape index (κ3) is 3.42. The van der Waals surface area contributed by atoms with Crippen LogP contribution in [0, 0.1) is 0 Å². The van der Waals surface area contributed by atoms with Crippen molar-refractivity contribution in [3.63, 3.8) is 0 Å². The topological polar surface area (TPSA) is 55.6 Å². The Labute approximate surface area is 106 Å². The van der Waals surface area contributed by atoms with Crippen LogP contribution in [0.5, 0.6) is 0 Å². The fraction of sp³-hybridized carbons (Fsp3) is 0.333. The normalized spacial score (nSPS) is 9.76. The van der Waals surface area contributed by atoms with Gasteiger partial charge in [0.1, 0.15) is 11.5 Å². The molecule has 1 rings (SSSR count). The lowest BCUT2D eigenvalue weighted by Crippen LogP contribution is -2.32. The van der Waals surface area contributed by atoms with E-state index in [2.05, 4.69) is 4.74 Å². The molecule has 1 aromatic carbocycles. The van der Waals surface area contributed by atoms with Gasteiger partial charge in [-0.3, -0.25) is 4.79 Å². The summed E-state index contributed by atoms with van der Waals surface area (Å²) < 4.78 is 4.66. The monoisotopic (exact) mass is 252 g/mol. The van der Waals surface area contributed by atoms with Gasteiger partial charge in [0, 0.05) is 17.8 Å². The van der Waals surface area contributed by atoms with E-state index < -0.39 is 0 Å². The van der Waals surface area contributed by atoms with Gasteiger partial charge in [0.25, 0.3) is 0 Å². The Balaban J connectivity index is 3.03. The number of thiocarbonyl (C=S) groups is 1. The summed E-state index contributed by atoms with van der Waals surface area (Å²) in [5.74, 6) is -0.287. The first-order valence-corrected chi connectivity index (χ1v) is 5.71. The number of nitrogens with zero attached hydrogens (tertiary/aromatic N) is 1. The van der Waals surface area contributed by atoms with Gasteiger partial charge in [0.2, 0.25) is 0 Å². The molecule has 2 N–H and O–H groups in total. The van der Waals surface area contributed by atoms with E-state index in [0.717, 1.165) is 11.3 Å². The highest BCUT2D eigenvalue weighted by Crippen LogP contribution is 2.20. The van der Waals surface area contributed by atoms with Crippen LogP contribution in [-0.4, -0.2) is 31.2 Å². The van der Waals surface area contributed by atoms with Crippen molar-refractivity contribution in [2.24, 2.45) is 5.73 Å². The first-order chi connectivity index (χ1) is 8.10. The maximum Gasteiger partial charge on any atom is 0.325 e. The number of benzene rings is 1. The molecule has 0 atom stereocenters. The predicted octanol–water partition coefficient (Wildman–Crippen LogP) is 1.32. The van der Waals surface area contributed by atoms with E-state index in [-0.39, 0.29) is 12.5 Å². The number of methoxy groups -OCH3 is 1. The maximum atomic E-state index is 11.3. The van der Waals surface area contributed by atoms with E-state index in [4.69, 9.17) is 18.0 Å². The van der Waals surface area contributed by atoms with Crippen molar-refractivity contribution in [2.45, 2.75) is 6.92 Å².